The van der Waals surface area contributed by atoms with Gasteiger partial charge in [0.1, 0.15) is 12.3 Å². The highest BCUT2D eigenvalue weighted by atomic mass is 79.9. The molecule has 2 aromatic carbocycles. The van der Waals surface area contributed by atoms with Crippen LogP contribution in [0.2, 0.25) is 0 Å². The van der Waals surface area contributed by atoms with Crippen molar-refractivity contribution < 1.29 is 31.5 Å². The Kier molecular flexibility index (Phi) is 8.53. The minimum absolute atomic E-state index is 0. The van der Waals surface area contributed by atoms with Crippen molar-refractivity contribution in [3.63, 3.8) is 0 Å². The largest absolute Gasteiger partial charge is 1.00 e. The number of hydrogen-bond acceptors (Lipinski definition) is 3. The molecule has 0 amide bonds. The summed E-state index contributed by atoms with van der Waals surface area (Å²) in [7, 11) is 0. The van der Waals surface area contributed by atoms with Crippen LogP contribution >= 0.6 is 0 Å². The number of benzene rings is 2. The van der Waals surface area contributed by atoms with Gasteiger partial charge in [-0.15, -0.1) is 24.7 Å². The fourth-order valence-electron chi connectivity index (χ4n) is 6.35. The summed E-state index contributed by atoms with van der Waals surface area (Å²) < 4.78 is 2.25. The molecule has 0 saturated carbocycles. The third-order valence-corrected chi connectivity index (χ3v) is 8.57. The van der Waals surface area contributed by atoms with Gasteiger partial charge in [-0.1, -0.05) is 50.2 Å². The Morgan fingerprint density at radius 3 is 2.22 bits per heavy atom. The zero-order chi connectivity index (χ0) is 28.7. The summed E-state index contributed by atoms with van der Waals surface area (Å²) in [5.74, 6) is 5.37. The lowest BCUT2D eigenvalue weighted by Gasteiger charge is -2.29. The van der Waals surface area contributed by atoms with E-state index in [2.05, 4.69) is 73.3 Å². The number of rotatable bonds is 8. The van der Waals surface area contributed by atoms with Crippen LogP contribution < -0.4 is 21.9 Å². The molecule has 2 aliphatic heterocycles. The first-order valence-electron chi connectivity index (χ1n) is 14.0. The minimum atomic E-state index is -0.322. The van der Waals surface area contributed by atoms with Crippen molar-refractivity contribution in [3.8, 4) is 24.7 Å². The molecule has 0 aromatic heterocycles. The van der Waals surface area contributed by atoms with Crippen LogP contribution in [-0.4, -0.2) is 34.3 Å². The molecule has 3 aliphatic rings. The fourth-order valence-corrected chi connectivity index (χ4v) is 6.35. The molecular weight excluding hydrogens is 572 g/mol. The van der Waals surface area contributed by atoms with E-state index in [0.29, 0.717) is 24.0 Å². The Hall–Kier alpha value is -3.80. The Bertz CT molecular complexity index is 1600. The van der Waals surface area contributed by atoms with E-state index in [9.17, 15) is 9.90 Å². The molecule has 2 heterocycles. The number of carbonyl (C=O) groups excluding carboxylic acids is 1. The van der Waals surface area contributed by atoms with Crippen molar-refractivity contribution in [3.05, 3.63) is 94.4 Å². The maximum atomic E-state index is 13.6. The number of anilines is 1. The SMILES string of the molecule is C#CCCCN1/C(=C/C2=C(O)C(=C\C3=[N+](CCCC#C)c4ccccc4C3(C)C)/C2=O)C(C)(C)c2ccccc21.[Br-]. The van der Waals surface area contributed by atoms with E-state index in [4.69, 9.17) is 12.8 Å². The molecule has 1 N–H and O–H groups in total. The summed E-state index contributed by atoms with van der Waals surface area (Å²) in [5, 5.41) is 11.3. The van der Waals surface area contributed by atoms with Gasteiger partial charge in [-0.3, -0.25) is 4.79 Å². The van der Waals surface area contributed by atoms with Crippen molar-refractivity contribution in [2.45, 2.75) is 64.2 Å². The predicted octanol–water partition coefficient (Wildman–Crippen LogP) is 3.90. The predicted molar refractivity (Wildman–Crippen MR) is 163 cm³/mol. The number of hydrogen-bond donors (Lipinski definition) is 1. The van der Waals surface area contributed by atoms with Gasteiger partial charge in [-0.2, -0.15) is 4.58 Å². The number of unbranched alkanes of at least 4 members (excludes halogenated alkanes) is 2. The Balaban J connectivity index is 0.00000387. The van der Waals surface area contributed by atoms with Gasteiger partial charge in [0, 0.05) is 60.3 Å². The lowest BCUT2D eigenvalue weighted by Crippen LogP contribution is -3.00. The second-order valence-corrected chi connectivity index (χ2v) is 11.8. The molecule has 41 heavy (non-hydrogen) atoms. The molecule has 0 saturated heterocycles. The average molecular weight is 610 g/mol. The van der Waals surface area contributed by atoms with Crippen molar-refractivity contribution in [2.75, 3.05) is 18.0 Å². The summed E-state index contributed by atoms with van der Waals surface area (Å²) in [6.07, 6.45) is 17.9. The molecule has 0 radical (unpaired) electrons. The molecule has 0 bridgehead atoms. The highest BCUT2D eigenvalue weighted by Crippen LogP contribution is 2.49. The lowest BCUT2D eigenvalue weighted by molar-refractivity contribution is -0.438. The van der Waals surface area contributed by atoms with E-state index in [-0.39, 0.29) is 39.4 Å². The summed E-state index contributed by atoms with van der Waals surface area (Å²) in [6.45, 7) is 10.2. The van der Waals surface area contributed by atoms with Crippen LogP contribution in [0.3, 0.4) is 0 Å². The second kappa shape index (κ2) is 11.6. The highest BCUT2D eigenvalue weighted by Gasteiger charge is 2.47. The number of para-hydroxylation sites is 2. The van der Waals surface area contributed by atoms with Gasteiger partial charge in [0.05, 0.1) is 16.6 Å². The minimum Gasteiger partial charge on any atom is -1.00 e. The van der Waals surface area contributed by atoms with Crippen LogP contribution in [0.1, 0.15) is 64.5 Å². The van der Waals surface area contributed by atoms with Gasteiger partial charge in [0.2, 0.25) is 11.5 Å². The normalized spacial score (nSPS) is 20.0. The molecule has 0 unspecified atom stereocenters. The lowest BCUT2D eigenvalue weighted by atomic mass is 9.77. The number of nitrogens with zero attached hydrogens (tertiary/aromatic N) is 2. The summed E-state index contributed by atoms with van der Waals surface area (Å²) in [6, 6.07) is 16.7. The van der Waals surface area contributed by atoms with E-state index in [1.54, 1.807) is 0 Å². The zero-order valence-electron chi connectivity index (χ0n) is 24.3. The van der Waals surface area contributed by atoms with Gasteiger partial charge in [-0.05, 0) is 38.0 Å². The third kappa shape index (κ3) is 4.98. The first kappa shape index (κ1) is 30.2. The van der Waals surface area contributed by atoms with Crippen LogP contribution in [0.15, 0.2) is 83.3 Å². The van der Waals surface area contributed by atoms with E-state index < -0.39 is 0 Å². The number of aliphatic hydroxyl groups excluding tert-OH is 1. The van der Waals surface area contributed by atoms with Crippen LogP contribution in [0.25, 0.3) is 0 Å². The maximum absolute atomic E-state index is 13.6. The standard InChI is InChI=1S/C36H36N2O2.BrH/c1-7-9-15-21-37-29-19-13-11-17-27(29)35(3,4)31(37)23-25-33(39)26(34(25)40)24-32-36(5,6)28-18-12-14-20-30(28)38(32)22-16-10-8-2;/h1-2,11-14,17-20,23-24H,9-10,15-16,21-22H2,3-6H3;1H. The number of carbonyl (C=O) groups is 1. The third-order valence-electron chi connectivity index (χ3n) is 8.57. The van der Waals surface area contributed by atoms with Crippen molar-refractivity contribution >= 4 is 22.9 Å². The molecule has 5 rings (SSSR count). The first-order chi connectivity index (χ1) is 19.1. The number of halogens is 1. The number of allylic oxidation sites excluding steroid dienone is 5. The zero-order valence-corrected chi connectivity index (χ0v) is 25.9. The second-order valence-electron chi connectivity index (χ2n) is 11.8. The summed E-state index contributed by atoms with van der Waals surface area (Å²) >= 11 is 0. The van der Waals surface area contributed by atoms with Crippen LogP contribution in [0, 0.1) is 24.7 Å². The topological polar surface area (TPSA) is 43.5 Å². The molecule has 0 spiro atoms. The van der Waals surface area contributed by atoms with E-state index >= 15 is 0 Å². The Morgan fingerprint density at radius 1 is 0.902 bits per heavy atom. The number of terminal acetylenes is 2. The van der Waals surface area contributed by atoms with E-state index in [0.717, 1.165) is 48.7 Å². The summed E-state index contributed by atoms with van der Waals surface area (Å²) in [4.78, 5) is 15.9. The smallest absolute Gasteiger partial charge is 0.209 e. The molecule has 210 valence electrons. The van der Waals surface area contributed by atoms with E-state index in [1.165, 1.54) is 11.1 Å². The average Bonchev–Trinajstić information content (AvgIpc) is 3.29. The van der Waals surface area contributed by atoms with Crippen LogP contribution in [0.5, 0.6) is 0 Å². The van der Waals surface area contributed by atoms with Crippen molar-refractivity contribution in [1.82, 2.24) is 0 Å². The monoisotopic (exact) mass is 608 g/mol. The Labute approximate surface area is 254 Å². The first-order valence-corrected chi connectivity index (χ1v) is 14.0. The van der Waals surface area contributed by atoms with Gasteiger partial charge >= 0.3 is 0 Å². The van der Waals surface area contributed by atoms with Gasteiger partial charge in [0.25, 0.3) is 0 Å². The fraction of sp³-hybridized carbons (Fsp3) is 0.333. The van der Waals surface area contributed by atoms with Crippen molar-refractivity contribution in [2.24, 2.45) is 0 Å². The molecule has 0 fully saturated rings. The molecule has 1 aliphatic carbocycles. The van der Waals surface area contributed by atoms with Gasteiger partial charge in [-0.25, -0.2) is 0 Å². The number of Topliss-reactive ketones (excluding diaryl/α,β-unsaturated/α-hetero) is 1. The quantitative estimate of drug-likeness (QED) is 0.214. The Morgan fingerprint density at radius 2 is 1.54 bits per heavy atom. The van der Waals surface area contributed by atoms with Gasteiger partial charge in [0.15, 0.2) is 5.71 Å². The number of aliphatic hydroxyl groups is 1. The number of fused-ring (bicyclic) bond motifs is 2. The molecule has 2 aromatic rings. The number of ketones is 1. The molecule has 5 heteroatoms. The maximum Gasteiger partial charge on any atom is 0.209 e. The van der Waals surface area contributed by atoms with Crippen LogP contribution in [0.4, 0.5) is 11.4 Å². The van der Waals surface area contributed by atoms with Gasteiger partial charge < -0.3 is 27.0 Å². The molecular formula is C36H37BrN2O2. The highest BCUT2D eigenvalue weighted by molar-refractivity contribution is 6.24. The van der Waals surface area contributed by atoms with Crippen molar-refractivity contribution in [1.29, 1.82) is 0 Å². The molecule has 4 nitrogen and oxygen atoms in total. The van der Waals surface area contributed by atoms with E-state index in [1.807, 2.05) is 36.4 Å². The van der Waals surface area contributed by atoms with Crippen LogP contribution in [-0.2, 0) is 15.6 Å². The summed E-state index contributed by atoms with van der Waals surface area (Å²) in [5.41, 5.74) is 6.72. The molecule has 0 atom stereocenters.